The summed E-state index contributed by atoms with van der Waals surface area (Å²) in [4.78, 5) is 6.41. The van der Waals surface area contributed by atoms with Crippen LogP contribution >= 0.6 is 27.5 Å². The van der Waals surface area contributed by atoms with Crippen LogP contribution in [0, 0.1) is 0 Å². The molecule has 15 heavy (non-hydrogen) atoms. The Balaban J connectivity index is 2.61. The SMILES string of the molecule is CCCCCN(C)c1ncc(Br)cc1Cl. The average Bonchev–Trinajstić information content (AvgIpc) is 2.17. The zero-order valence-corrected chi connectivity index (χ0v) is 11.5. The molecule has 1 aromatic heterocycles. The third-order valence-corrected chi connectivity index (χ3v) is 2.96. The van der Waals surface area contributed by atoms with E-state index in [4.69, 9.17) is 11.6 Å². The fraction of sp³-hybridized carbons (Fsp3) is 0.545. The lowest BCUT2D eigenvalue weighted by Gasteiger charge is -2.19. The van der Waals surface area contributed by atoms with Gasteiger partial charge in [-0.05, 0) is 28.4 Å². The maximum atomic E-state index is 6.10. The van der Waals surface area contributed by atoms with E-state index in [1.165, 1.54) is 19.3 Å². The van der Waals surface area contributed by atoms with Crippen LogP contribution in [0.3, 0.4) is 0 Å². The summed E-state index contributed by atoms with van der Waals surface area (Å²) in [5, 5.41) is 0.698. The van der Waals surface area contributed by atoms with Gasteiger partial charge < -0.3 is 4.90 Å². The third-order valence-electron chi connectivity index (χ3n) is 2.25. The van der Waals surface area contributed by atoms with Crippen molar-refractivity contribution in [2.24, 2.45) is 0 Å². The van der Waals surface area contributed by atoms with Crippen LogP contribution in [-0.4, -0.2) is 18.6 Å². The molecule has 0 radical (unpaired) electrons. The molecule has 0 saturated carbocycles. The van der Waals surface area contributed by atoms with Crippen molar-refractivity contribution >= 4 is 33.3 Å². The van der Waals surface area contributed by atoms with E-state index in [1.54, 1.807) is 6.20 Å². The van der Waals surface area contributed by atoms with Crippen molar-refractivity contribution in [2.45, 2.75) is 26.2 Å². The van der Waals surface area contributed by atoms with E-state index in [9.17, 15) is 0 Å². The molecular weight excluding hydrogens is 275 g/mol. The Morgan fingerprint density at radius 2 is 2.20 bits per heavy atom. The van der Waals surface area contributed by atoms with Gasteiger partial charge in [0.25, 0.3) is 0 Å². The van der Waals surface area contributed by atoms with Gasteiger partial charge in [-0.2, -0.15) is 0 Å². The quantitative estimate of drug-likeness (QED) is 0.759. The lowest BCUT2D eigenvalue weighted by molar-refractivity contribution is 0.701. The lowest BCUT2D eigenvalue weighted by atomic mass is 10.2. The zero-order valence-electron chi connectivity index (χ0n) is 9.13. The van der Waals surface area contributed by atoms with Crippen LogP contribution in [0.5, 0.6) is 0 Å². The Morgan fingerprint density at radius 3 is 2.80 bits per heavy atom. The number of halogens is 2. The molecule has 0 saturated heterocycles. The average molecular weight is 292 g/mol. The second kappa shape index (κ2) is 6.33. The Kier molecular flexibility index (Phi) is 5.40. The summed E-state index contributed by atoms with van der Waals surface area (Å²) < 4.78 is 0.915. The molecule has 0 aliphatic heterocycles. The van der Waals surface area contributed by atoms with Crippen LogP contribution in [0.15, 0.2) is 16.7 Å². The number of pyridine rings is 1. The van der Waals surface area contributed by atoms with Gasteiger partial charge in [-0.25, -0.2) is 4.98 Å². The van der Waals surface area contributed by atoms with Crippen LogP contribution < -0.4 is 4.90 Å². The summed E-state index contributed by atoms with van der Waals surface area (Å²) in [6.07, 6.45) is 5.44. The summed E-state index contributed by atoms with van der Waals surface area (Å²) in [5.41, 5.74) is 0. The molecule has 1 heterocycles. The maximum Gasteiger partial charge on any atom is 0.147 e. The molecule has 0 bridgehead atoms. The van der Waals surface area contributed by atoms with E-state index in [1.807, 2.05) is 13.1 Å². The monoisotopic (exact) mass is 290 g/mol. The number of hydrogen-bond acceptors (Lipinski definition) is 2. The largest absolute Gasteiger partial charge is 0.358 e. The fourth-order valence-corrected chi connectivity index (χ4v) is 2.17. The summed E-state index contributed by atoms with van der Waals surface area (Å²) in [5.74, 6) is 0.857. The Bertz CT molecular complexity index is 317. The van der Waals surface area contributed by atoms with Gasteiger partial charge in [-0.3, -0.25) is 0 Å². The molecule has 0 aliphatic carbocycles. The summed E-state index contributed by atoms with van der Waals surface area (Å²) in [6, 6.07) is 1.88. The zero-order chi connectivity index (χ0) is 11.3. The van der Waals surface area contributed by atoms with Gasteiger partial charge in [0.1, 0.15) is 5.82 Å². The number of hydrogen-bond donors (Lipinski definition) is 0. The highest BCUT2D eigenvalue weighted by Gasteiger charge is 2.07. The molecular formula is C11H16BrClN2. The van der Waals surface area contributed by atoms with E-state index in [0.29, 0.717) is 5.02 Å². The van der Waals surface area contributed by atoms with Crippen LogP contribution in [-0.2, 0) is 0 Å². The van der Waals surface area contributed by atoms with Gasteiger partial charge in [0.05, 0.1) is 5.02 Å². The third kappa shape index (κ3) is 3.99. The predicted octanol–water partition coefficient (Wildman–Crippen LogP) is 4.12. The maximum absolute atomic E-state index is 6.10. The first-order valence-electron chi connectivity index (χ1n) is 5.17. The minimum Gasteiger partial charge on any atom is -0.358 e. The normalized spacial score (nSPS) is 10.4. The van der Waals surface area contributed by atoms with Gasteiger partial charge in [-0.15, -0.1) is 0 Å². The van der Waals surface area contributed by atoms with Crippen LogP contribution in [0.4, 0.5) is 5.82 Å². The second-order valence-corrected chi connectivity index (χ2v) is 4.91. The van der Waals surface area contributed by atoms with Crippen molar-refractivity contribution in [1.82, 2.24) is 4.98 Å². The minimum atomic E-state index is 0.698. The molecule has 2 nitrogen and oxygen atoms in total. The molecule has 4 heteroatoms. The number of rotatable bonds is 5. The van der Waals surface area contributed by atoms with E-state index in [-0.39, 0.29) is 0 Å². The highest BCUT2D eigenvalue weighted by molar-refractivity contribution is 9.10. The Labute approximate surface area is 105 Å². The minimum absolute atomic E-state index is 0.698. The lowest BCUT2D eigenvalue weighted by Crippen LogP contribution is -2.19. The van der Waals surface area contributed by atoms with Crippen molar-refractivity contribution in [3.05, 3.63) is 21.8 Å². The highest BCUT2D eigenvalue weighted by Crippen LogP contribution is 2.25. The Morgan fingerprint density at radius 1 is 1.47 bits per heavy atom. The first-order valence-corrected chi connectivity index (χ1v) is 6.34. The van der Waals surface area contributed by atoms with Crippen molar-refractivity contribution in [3.8, 4) is 0 Å². The molecule has 0 fully saturated rings. The van der Waals surface area contributed by atoms with Gasteiger partial charge in [-0.1, -0.05) is 31.4 Å². The first kappa shape index (κ1) is 12.8. The molecule has 0 spiro atoms. The first-order chi connectivity index (χ1) is 7.15. The molecule has 0 aliphatic rings. The van der Waals surface area contributed by atoms with Gasteiger partial charge in [0.2, 0.25) is 0 Å². The van der Waals surface area contributed by atoms with E-state index >= 15 is 0 Å². The molecule has 0 atom stereocenters. The summed E-state index contributed by atoms with van der Waals surface area (Å²) in [7, 11) is 2.03. The Hall–Kier alpha value is -0.280. The van der Waals surface area contributed by atoms with E-state index in [0.717, 1.165) is 16.8 Å². The molecule has 0 amide bonds. The summed E-state index contributed by atoms with van der Waals surface area (Å²) >= 11 is 9.45. The van der Waals surface area contributed by atoms with Crippen molar-refractivity contribution < 1.29 is 0 Å². The van der Waals surface area contributed by atoms with Crippen molar-refractivity contribution in [1.29, 1.82) is 0 Å². The van der Waals surface area contributed by atoms with Crippen LogP contribution in [0.2, 0.25) is 5.02 Å². The van der Waals surface area contributed by atoms with Crippen LogP contribution in [0.1, 0.15) is 26.2 Å². The molecule has 0 N–H and O–H groups in total. The predicted molar refractivity (Wildman–Crippen MR) is 69.7 cm³/mol. The molecule has 1 rings (SSSR count). The molecule has 1 aromatic rings. The smallest absolute Gasteiger partial charge is 0.147 e. The molecule has 84 valence electrons. The fourth-order valence-electron chi connectivity index (χ4n) is 1.39. The number of nitrogens with zero attached hydrogens (tertiary/aromatic N) is 2. The van der Waals surface area contributed by atoms with Crippen molar-refractivity contribution in [2.75, 3.05) is 18.5 Å². The number of anilines is 1. The van der Waals surface area contributed by atoms with Crippen molar-refractivity contribution in [3.63, 3.8) is 0 Å². The second-order valence-electron chi connectivity index (χ2n) is 3.59. The highest BCUT2D eigenvalue weighted by atomic mass is 79.9. The molecule has 0 unspecified atom stereocenters. The van der Waals surface area contributed by atoms with Gasteiger partial charge in [0.15, 0.2) is 0 Å². The van der Waals surface area contributed by atoms with Gasteiger partial charge in [0, 0.05) is 24.3 Å². The standard InChI is InChI=1S/C11H16BrClN2/c1-3-4-5-6-15(2)11-10(13)7-9(12)8-14-11/h7-8H,3-6H2,1-2H3. The van der Waals surface area contributed by atoms with Crippen LogP contribution in [0.25, 0.3) is 0 Å². The van der Waals surface area contributed by atoms with E-state index < -0.39 is 0 Å². The van der Waals surface area contributed by atoms with E-state index in [2.05, 4.69) is 32.7 Å². The number of aromatic nitrogens is 1. The topological polar surface area (TPSA) is 16.1 Å². The number of unbranched alkanes of at least 4 members (excludes halogenated alkanes) is 2. The molecule has 0 aromatic carbocycles. The summed E-state index contributed by atoms with van der Waals surface area (Å²) in [6.45, 7) is 3.20. The van der Waals surface area contributed by atoms with Gasteiger partial charge >= 0.3 is 0 Å².